The summed E-state index contributed by atoms with van der Waals surface area (Å²) in [7, 11) is 0. The summed E-state index contributed by atoms with van der Waals surface area (Å²) in [5, 5.41) is 3.22. The van der Waals surface area contributed by atoms with Crippen molar-refractivity contribution in [2.75, 3.05) is 11.4 Å². The van der Waals surface area contributed by atoms with E-state index in [0.717, 1.165) is 24.9 Å². The lowest BCUT2D eigenvalue weighted by Crippen LogP contribution is -2.39. The second-order valence-electron chi connectivity index (χ2n) is 7.97. The van der Waals surface area contributed by atoms with E-state index in [4.69, 9.17) is 0 Å². The Morgan fingerprint density at radius 3 is 2.58 bits per heavy atom. The van der Waals surface area contributed by atoms with Crippen LogP contribution in [0.3, 0.4) is 0 Å². The van der Waals surface area contributed by atoms with Crippen LogP contribution in [0.25, 0.3) is 0 Å². The fraction of sp³-hybridized carbons (Fsp3) is 0.636. The van der Waals surface area contributed by atoms with Gasteiger partial charge in [-0.1, -0.05) is 57.7 Å². The van der Waals surface area contributed by atoms with Gasteiger partial charge in [0.25, 0.3) is 0 Å². The van der Waals surface area contributed by atoms with E-state index in [2.05, 4.69) is 25.2 Å². The Kier molecular flexibility index (Phi) is 6.33. The highest BCUT2D eigenvalue weighted by atomic mass is 16.2. The number of carbonyl (C=O) groups excluding carboxylic acids is 2. The Morgan fingerprint density at radius 1 is 1.19 bits per heavy atom. The van der Waals surface area contributed by atoms with Gasteiger partial charge >= 0.3 is 0 Å². The Morgan fingerprint density at radius 2 is 1.88 bits per heavy atom. The molecule has 0 bridgehead atoms. The lowest BCUT2D eigenvalue weighted by molar-refractivity contribution is -0.127. The third-order valence-electron chi connectivity index (χ3n) is 6.07. The first kappa shape index (κ1) is 18.9. The van der Waals surface area contributed by atoms with Gasteiger partial charge in [0.1, 0.15) is 0 Å². The van der Waals surface area contributed by atoms with Crippen LogP contribution in [0, 0.1) is 5.92 Å². The molecular weight excluding hydrogens is 324 g/mol. The van der Waals surface area contributed by atoms with Gasteiger partial charge in [0, 0.05) is 24.7 Å². The SMILES string of the molecule is CC[C@@H](C)c1ccccc1N1C[C@@H](C(=O)NC2CCCCCC2)CC1=O. The molecule has 0 spiro atoms. The molecule has 26 heavy (non-hydrogen) atoms. The number of anilines is 1. The summed E-state index contributed by atoms with van der Waals surface area (Å²) in [5.74, 6) is 0.309. The first-order chi connectivity index (χ1) is 12.6. The molecule has 2 aliphatic rings. The van der Waals surface area contributed by atoms with Crippen molar-refractivity contribution in [1.29, 1.82) is 0 Å². The molecule has 142 valence electrons. The number of hydrogen-bond donors (Lipinski definition) is 1. The number of hydrogen-bond acceptors (Lipinski definition) is 2. The molecule has 1 saturated carbocycles. The molecule has 4 nitrogen and oxygen atoms in total. The summed E-state index contributed by atoms with van der Waals surface area (Å²) >= 11 is 0. The lowest BCUT2D eigenvalue weighted by atomic mass is 9.96. The number of nitrogens with one attached hydrogen (secondary N) is 1. The molecule has 0 unspecified atom stereocenters. The average Bonchev–Trinajstić information content (AvgIpc) is 2.87. The predicted molar refractivity (Wildman–Crippen MR) is 105 cm³/mol. The van der Waals surface area contributed by atoms with Gasteiger partial charge in [-0.3, -0.25) is 9.59 Å². The van der Waals surface area contributed by atoms with Crippen LogP contribution in [0.2, 0.25) is 0 Å². The van der Waals surface area contributed by atoms with Crippen molar-refractivity contribution in [2.24, 2.45) is 5.92 Å². The quantitative estimate of drug-likeness (QED) is 0.795. The Hall–Kier alpha value is -1.84. The molecule has 4 heteroatoms. The molecular formula is C22H32N2O2. The van der Waals surface area contributed by atoms with E-state index in [9.17, 15) is 9.59 Å². The van der Waals surface area contributed by atoms with E-state index < -0.39 is 0 Å². The van der Waals surface area contributed by atoms with Crippen LogP contribution in [0.1, 0.15) is 76.7 Å². The molecule has 1 aromatic rings. The van der Waals surface area contributed by atoms with Crippen LogP contribution in [0.4, 0.5) is 5.69 Å². The van der Waals surface area contributed by atoms with Crippen LogP contribution in [-0.4, -0.2) is 24.4 Å². The maximum atomic E-state index is 12.7. The minimum absolute atomic E-state index is 0.0637. The van der Waals surface area contributed by atoms with Gasteiger partial charge < -0.3 is 10.2 Å². The minimum Gasteiger partial charge on any atom is -0.353 e. The van der Waals surface area contributed by atoms with Gasteiger partial charge in [-0.25, -0.2) is 0 Å². The maximum Gasteiger partial charge on any atom is 0.227 e. The largest absolute Gasteiger partial charge is 0.353 e. The Bertz CT molecular complexity index is 635. The summed E-state index contributed by atoms with van der Waals surface area (Å²) in [6.07, 6.45) is 8.45. The van der Waals surface area contributed by atoms with E-state index in [0.29, 0.717) is 24.9 Å². The zero-order chi connectivity index (χ0) is 18.5. The van der Waals surface area contributed by atoms with Gasteiger partial charge in [-0.05, 0) is 36.8 Å². The van der Waals surface area contributed by atoms with Crippen molar-refractivity contribution in [3.05, 3.63) is 29.8 Å². The smallest absolute Gasteiger partial charge is 0.227 e. The number of benzene rings is 1. The topological polar surface area (TPSA) is 49.4 Å². The van der Waals surface area contributed by atoms with Gasteiger partial charge in [0.15, 0.2) is 0 Å². The van der Waals surface area contributed by atoms with Crippen molar-refractivity contribution in [3.8, 4) is 0 Å². The van der Waals surface area contributed by atoms with Gasteiger partial charge in [0.05, 0.1) is 5.92 Å². The summed E-state index contributed by atoms with van der Waals surface area (Å²) < 4.78 is 0. The zero-order valence-corrected chi connectivity index (χ0v) is 16.2. The van der Waals surface area contributed by atoms with Crippen molar-refractivity contribution in [1.82, 2.24) is 5.32 Å². The van der Waals surface area contributed by atoms with Crippen molar-refractivity contribution < 1.29 is 9.59 Å². The Labute approximate surface area is 157 Å². The highest BCUT2D eigenvalue weighted by Gasteiger charge is 2.36. The number of amides is 2. The number of para-hydroxylation sites is 1. The van der Waals surface area contributed by atoms with E-state index in [1.807, 2.05) is 23.1 Å². The molecule has 1 aromatic carbocycles. The molecule has 2 amide bonds. The summed E-state index contributed by atoms with van der Waals surface area (Å²) in [6.45, 7) is 4.86. The molecule has 1 saturated heterocycles. The van der Waals surface area contributed by atoms with Crippen LogP contribution in [0.15, 0.2) is 24.3 Å². The highest BCUT2D eigenvalue weighted by Crippen LogP contribution is 2.33. The summed E-state index contributed by atoms with van der Waals surface area (Å²) in [5.41, 5.74) is 2.18. The monoisotopic (exact) mass is 356 g/mol. The van der Waals surface area contributed by atoms with E-state index in [-0.39, 0.29) is 17.7 Å². The van der Waals surface area contributed by atoms with Crippen LogP contribution in [0.5, 0.6) is 0 Å². The fourth-order valence-electron chi connectivity index (χ4n) is 4.23. The molecule has 1 heterocycles. The molecule has 3 rings (SSSR count). The zero-order valence-electron chi connectivity index (χ0n) is 16.2. The van der Waals surface area contributed by atoms with E-state index in [1.165, 1.54) is 31.2 Å². The van der Waals surface area contributed by atoms with Gasteiger partial charge in [0.2, 0.25) is 11.8 Å². The highest BCUT2D eigenvalue weighted by molar-refractivity contribution is 6.00. The maximum absolute atomic E-state index is 12.7. The Balaban J connectivity index is 1.68. The van der Waals surface area contributed by atoms with Gasteiger partial charge in [-0.15, -0.1) is 0 Å². The normalized spacial score (nSPS) is 22.9. The fourth-order valence-corrected chi connectivity index (χ4v) is 4.23. The molecule has 1 N–H and O–H groups in total. The molecule has 2 atom stereocenters. The summed E-state index contributed by atoms with van der Waals surface area (Å²) in [6, 6.07) is 8.43. The minimum atomic E-state index is -0.226. The van der Waals surface area contributed by atoms with Crippen molar-refractivity contribution in [2.45, 2.75) is 77.2 Å². The first-order valence-corrected chi connectivity index (χ1v) is 10.3. The summed E-state index contributed by atoms with van der Waals surface area (Å²) in [4.78, 5) is 27.2. The third kappa shape index (κ3) is 4.28. The van der Waals surface area contributed by atoms with Crippen molar-refractivity contribution in [3.63, 3.8) is 0 Å². The predicted octanol–water partition coefficient (Wildman–Crippen LogP) is 4.39. The van der Waals surface area contributed by atoms with Crippen LogP contribution >= 0.6 is 0 Å². The molecule has 2 fully saturated rings. The number of nitrogens with zero attached hydrogens (tertiary/aromatic N) is 1. The molecule has 1 aliphatic carbocycles. The standard InChI is InChI=1S/C22H32N2O2/c1-3-16(2)19-12-8-9-13-20(19)24-15-17(14-21(24)25)22(26)23-18-10-6-4-5-7-11-18/h8-9,12-13,16-18H,3-7,10-11,14-15H2,1-2H3,(H,23,26)/t16-,17+/m1/s1. The molecule has 0 radical (unpaired) electrons. The average molecular weight is 357 g/mol. The van der Waals surface area contributed by atoms with Crippen LogP contribution < -0.4 is 10.2 Å². The molecule has 0 aromatic heterocycles. The van der Waals surface area contributed by atoms with Crippen molar-refractivity contribution >= 4 is 17.5 Å². The second kappa shape index (κ2) is 8.70. The van der Waals surface area contributed by atoms with E-state index in [1.54, 1.807) is 0 Å². The van der Waals surface area contributed by atoms with Crippen LogP contribution in [-0.2, 0) is 9.59 Å². The number of carbonyl (C=O) groups is 2. The first-order valence-electron chi connectivity index (χ1n) is 10.3. The lowest BCUT2D eigenvalue weighted by Gasteiger charge is -2.23. The van der Waals surface area contributed by atoms with E-state index >= 15 is 0 Å². The number of rotatable bonds is 5. The third-order valence-corrected chi connectivity index (χ3v) is 6.07. The van der Waals surface area contributed by atoms with Gasteiger partial charge in [-0.2, -0.15) is 0 Å². The second-order valence-corrected chi connectivity index (χ2v) is 7.97. The molecule has 1 aliphatic heterocycles.